The van der Waals surface area contributed by atoms with E-state index in [0.717, 1.165) is 60.7 Å². The molecule has 0 aliphatic heterocycles. The molecule has 4 aliphatic carbocycles. The van der Waals surface area contributed by atoms with Crippen molar-refractivity contribution in [2.24, 2.45) is 52.3 Å². The molecule has 282 valence electrons. The quantitative estimate of drug-likeness (QED) is 0.0647. The minimum Gasteiger partial charge on any atom is -0.462 e. The largest absolute Gasteiger partial charge is 0.462 e. The zero-order chi connectivity index (χ0) is 35.3. The van der Waals surface area contributed by atoms with Crippen molar-refractivity contribution in [2.75, 3.05) is 0 Å². The lowest BCUT2D eigenvalue weighted by molar-refractivity contribution is -0.151. The van der Waals surface area contributed by atoms with E-state index < -0.39 is 0 Å². The average molecular weight is 679 g/mol. The van der Waals surface area contributed by atoms with E-state index in [-0.39, 0.29) is 12.1 Å². The highest BCUT2D eigenvalue weighted by molar-refractivity contribution is 5.69. The van der Waals surface area contributed by atoms with Gasteiger partial charge in [0.1, 0.15) is 6.10 Å². The monoisotopic (exact) mass is 679 g/mol. The van der Waals surface area contributed by atoms with Gasteiger partial charge < -0.3 is 4.74 Å². The summed E-state index contributed by atoms with van der Waals surface area (Å²) in [6.45, 7) is 17.5. The third-order valence-corrected chi connectivity index (χ3v) is 15.2. The van der Waals surface area contributed by atoms with E-state index in [1.54, 1.807) is 5.57 Å². The molecule has 0 amide bonds. The van der Waals surface area contributed by atoms with Gasteiger partial charge in [0.05, 0.1) is 0 Å². The molecule has 3 saturated carbocycles. The predicted molar refractivity (Wildman–Crippen MR) is 212 cm³/mol. The van der Waals surface area contributed by atoms with E-state index in [0.29, 0.717) is 17.3 Å². The molecule has 49 heavy (non-hydrogen) atoms. The highest BCUT2D eigenvalue weighted by Crippen LogP contribution is 2.67. The predicted octanol–water partition coefficient (Wildman–Crippen LogP) is 14.6. The molecule has 9 atom stereocenters. The maximum absolute atomic E-state index is 12.8. The van der Waals surface area contributed by atoms with Gasteiger partial charge in [-0.2, -0.15) is 0 Å². The molecule has 0 aromatic carbocycles. The molecule has 9 unspecified atom stereocenters. The van der Waals surface area contributed by atoms with Crippen molar-refractivity contribution in [1.29, 1.82) is 0 Å². The first-order valence-electron chi connectivity index (χ1n) is 22.2. The maximum Gasteiger partial charge on any atom is 0.306 e. The van der Waals surface area contributed by atoms with Gasteiger partial charge in [-0.05, 0) is 136 Å². The summed E-state index contributed by atoms with van der Waals surface area (Å²) in [4.78, 5) is 12.8. The summed E-state index contributed by atoms with van der Waals surface area (Å²) in [5.41, 5.74) is 2.51. The molecule has 0 heterocycles. The molecule has 0 spiro atoms. The van der Waals surface area contributed by atoms with Gasteiger partial charge in [-0.25, -0.2) is 0 Å². The fourth-order valence-corrected chi connectivity index (χ4v) is 12.0. The molecule has 0 saturated heterocycles. The first-order valence-corrected chi connectivity index (χ1v) is 22.2. The third kappa shape index (κ3) is 11.0. The summed E-state index contributed by atoms with van der Waals surface area (Å²) in [6, 6.07) is 0. The number of carbonyl (C=O) groups is 1. The standard InChI is InChI=1S/C47H82O2/c1-8-10-11-12-13-14-15-16-17-18-19-20-21-22-23-24-45(48)49-40-31-33-46(6)39(35-40)27-28-41-43-30-29-42(47(43,7)34-32-44(41)46)37(5)25-26-38(9-2)36(3)4/h14-15,27,36-38,40-44H,8-13,16-26,28-35H2,1-7H3/b15-14-. The smallest absolute Gasteiger partial charge is 0.306 e. The van der Waals surface area contributed by atoms with Gasteiger partial charge in [0.25, 0.3) is 0 Å². The first-order chi connectivity index (χ1) is 23.6. The van der Waals surface area contributed by atoms with Crippen molar-refractivity contribution in [2.45, 2.75) is 215 Å². The number of hydrogen-bond donors (Lipinski definition) is 0. The Kier molecular flexibility index (Phi) is 16.8. The maximum atomic E-state index is 12.8. The van der Waals surface area contributed by atoms with E-state index >= 15 is 0 Å². The van der Waals surface area contributed by atoms with Crippen molar-refractivity contribution in [1.82, 2.24) is 0 Å². The summed E-state index contributed by atoms with van der Waals surface area (Å²) in [6.07, 6.45) is 39.4. The second-order valence-corrected chi connectivity index (χ2v) is 18.6. The topological polar surface area (TPSA) is 26.3 Å². The Morgan fingerprint density at radius 3 is 2.16 bits per heavy atom. The Labute approximate surface area is 305 Å². The Balaban J connectivity index is 1.13. The molecule has 0 N–H and O–H groups in total. The van der Waals surface area contributed by atoms with Gasteiger partial charge in [-0.15, -0.1) is 0 Å². The highest BCUT2D eigenvalue weighted by Gasteiger charge is 2.59. The molecule has 4 aliphatic rings. The summed E-state index contributed by atoms with van der Waals surface area (Å²) in [5.74, 6) is 6.15. The van der Waals surface area contributed by atoms with Gasteiger partial charge in [-0.3, -0.25) is 4.79 Å². The minimum atomic E-state index is 0.0579. The molecule has 4 rings (SSSR count). The van der Waals surface area contributed by atoms with Gasteiger partial charge in [0.2, 0.25) is 0 Å². The average Bonchev–Trinajstić information content (AvgIpc) is 3.44. The van der Waals surface area contributed by atoms with Crippen molar-refractivity contribution < 1.29 is 9.53 Å². The van der Waals surface area contributed by atoms with Crippen molar-refractivity contribution in [3.63, 3.8) is 0 Å². The second-order valence-electron chi connectivity index (χ2n) is 18.6. The van der Waals surface area contributed by atoms with Gasteiger partial charge in [0.15, 0.2) is 0 Å². The van der Waals surface area contributed by atoms with Crippen molar-refractivity contribution >= 4 is 5.97 Å². The normalized spacial score (nSPS) is 32.4. The van der Waals surface area contributed by atoms with Crippen molar-refractivity contribution in [3.05, 3.63) is 23.8 Å². The Morgan fingerprint density at radius 2 is 1.49 bits per heavy atom. The highest BCUT2D eigenvalue weighted by atomic mass is 16.5. The fraction of sp³-hybridized carbons (Fsp3) is 0.894. The van der Waals surface area contributed by atoms with Gasteiger partial charge >= 0.3 is 5.97 Å². The number of hydrogen-bond acceptors (Lipinski definition) is 2. The van der Waals surface area contributed by atoms with E-state index in [1.165, 1.54) is 135 Å². The Morgan fingerprint density at radius 1 is 0.816 bits per heavy atom. The van der Waals surface area contributed by atoms with Crippen LogP contribution in [0.4, 0.5) is 0 Å². The number of rotatable bonds is 22. The Hall–Kier alpha value is -1.05. The zero-order valence-corrected chi connectivity index (χ0v) is 33.8. The van der Waals surface area contributed by atoms with Crippen LogP contribution in [-0.2, 0) is 9.53 Å². The number of carbonyl (C=O) groups excluding carboxylic acids is 1. The van der Waals surface area contributed by atoms with Crippen LogP contribution in [0.3, 0.4) is 0 Å². The second kappa shape index (κ2) is 20.3. The lowest BCUT2D eigenvalue weighted by atomic mass is 9.47. The first kappa shape index (κ1) is 40.7. The van der Waals surface area contributed by atoms with Crippen LogP contribution in [0.2, 0.25) is 0 Å². The number of unbranched alkanes of at least 4 members (excludes halogenated alkanes) is 11. The van der Waals surface area contributed by atoms with E-state index in [4.69, 9.17) is 4.74 Å². The van der Waals surface area contributed by atoms with E-state index in [1.807, 2.05) is 0 Å². The number of allylic oxidation sites excluding steroid dienone is 3. The minimum absolute atomic E-state index is 0.0579. The summed E-state index contributed by atoms with van der Waals surface area (Å²) in [5, 5.41) is 0. The van der Waals surface area contributed by atoms with Crippen LogP contribution in [0.1, 0.15) is 209 Å². The fourth-order valence-electron chi connectivity index (χ4n) is 12.0. The molecule has 0 aromatic heterocycles. The van der Waals surface area contributed by atoms with Gasteiger partial charge in [0, 0.05) is 12.8 Å². The van der Waals surface area contributed by atoms with Crippen LogP contribution < -0.4 is 0 Å². The third-order valence-electron chi connectivity index (χ3n) is 15.2. The molecule has 0 aromatic rings. The summed E-state index contributed by atoms with van der Waals surface area (Å²) < 4.78 is 6.14. The van der Waals surface area contributed by atoms with Gasteiger partial charge in [-0.1, -0.05) is 136 Å². The molecule has 3 fully saturated rings. The summed E-state index contributed by atoms with van der Waals surface area (Å²) in [7, 11) is 0. The van der Waals surface area contributed by atoms with Crippen LogP contribution in [0.15, 0.2) is 23.8 Å². The molecule has 0 bridgehead atoms. The lowest BCUT2D eigenvalue weighted by Crippen LogP contribution is -2.51. The Bertz CT molecular complexity index is 1020. The van der Waals surface area contributed by atoms with Crippen LogP contribution in [-0.4, -0.2) is 12.1 Å². The van der Waals surface area contributed by atoms with Crippen LogP contribution in [0.5, 0.6) is 0 Å². The molecule has 0 radical (unpaired) electrons. The SMILES string of the molecule is CCCCCC/C=C\CCCCCCCCCC(=O)OC1CCC2(C)C(=CCC3C2CCC2(C)C(C(C)CCC(CC)C(C)C)CCC32)C1. The van der Waals surface area contributed by atoms with Crippen LogP contribution in [0, 0.1) is 52.3 Å². The van der Waals surface area contributed by atoms with Crippen LogP contribution >= 0.6 is 0 Å². The van der Waals surface area contributed by atoms with E-state index in [2.05, 4.69) is 66.7 Å². The molecular weight excluding hydrogens is 597 g/mol. The zero-order valence-electron chi connectivity index (χ0n) is 33.8. The van der Waals surface area contributed by atoms with Crippen LogP contribution in [0.25, 0.3) is 0 Å². The molecular formula is C47H82O2. The lowest BCUT2D eigenvalue weighted by Gasteiger charge is -2.58. The summed E-state index contributed by atoms with van der Waals surface area (Å²) >= 11 is 0. The number of fused-ring (bicyclic) bond motifs is 5. The molecule has 2 nitrogen and oxygen atoms in total. The number of ether oxygens (including phenoxy) is 1. The van der Waals surface area contributed by atoms with Crippen molar-refractivity contribution in [3.8, 4) is 0 Å². The molecule has 2 heteroatoms. The number of esters is 1. The van der Waals surface area contributed by atoms with E-state index in [9.17, 15) is 4.79 Å².